The Morgan fingerprint density at radius 2 is 1.92 bits per heavy atom. The molecule has 3 nitrogen and oxygen atoms in total. The Morgan fingerprint density at radius 3 is 2.64 bits per heavy atom. The highest BCUT2D eigenvalue weighted by atomic mass is 35.5. The van der Waals surface area contributed by atoms with Crippen molar-refractivity contribution in [3.05, 3.63) is 61.9 Å². The molecule has 0 aliphatic heterocycles. The lowest BCUT2D eigenvalue weighted by Crippen LogP contribution is -2.26. The van der Waals surface area contributed by atoms with E-state index in [2.05, 4.69) is 5.32 Å². The summed E-state index contributed by atoms with van der Waals surface area (Å²) in [7, 11) is 1.61. The molecule has 0 spiro atoms. The van der Waals surface area contributed by atoms with Crippen LogP contribution in [-0.2, 0) is 0 Å². The zero-order valence-electron chi connectivity index (χ0n) is 13.4. The average Bonchev–Trinajstić information content (AvgIpc) is 2.95. The smallest absolute Gasteiger partial charge is 0.263 e. The van der Waals surface area contributed by atoms with Crippen LogP contribution in [0.2, 0.25) is 15.1 Å². The minimum atomic E-state index is -0.256. The van der Waals surface area contributed by atoms with Gasteiger partial charge in [-0.2, -0.15) is 0 Å². The zero-order valence-corrected chi connectivity index (χ0v) is 16.5. The molecule has 1 heterocycles. The topological polar surface area (TPSA) is 38.3 Å². The second-order valence-electron chi connectivity index (χ2n) is 5.45. The molecule has 0 aliphatic rings. The van der Waals surface area contributed by atoms with E-state index in [1.165, 1.54) is 11.3 Å². The van der Waals surface area contributed by atoms with Crippen LogP contribution < -0.4 is 10.1 Å². The van der Waals surface area contributed by atoms with Crippen molar-refractivity contribution in [2.75, 3.05) is 7.11 Å². The molecule has 3 rings (SSSR count). The minimum Gasteiger partial charge on any atom is -0.497 e. The van der Waals surface area contributed by atoms with E-state index in [4.69, 9.17) is 39.5 Å². The first kappa shape index (κ1) is 18.3. The van der Waals surface area contributed by atoms with Gasteiger partial charge in [-0.15, -0.1) is 11.3 Å². The van der Waals surface area contributed by atoms with Crippen molar-refractivity contribution >= 4 is 62.1 Å². The lowest BCUT2D eigenvalue weighted by Gasteiger charge is -2.14. The van der Waals surface area contributed by atoms with Crippen molar-refractivity contribution in [3.8, 4) is 5.75 Å². The number of hydrogen-bond acceptors (Lipinski definition) is 3. The first-order chi connectivity index (χ1) is 11.9. The summed E-state index contributed by atoms with van der Waals surface area (Å²) in [6.07, 6.45) is 0. The van der Waals surface area contributed by atoms with Gasteiger partial charge in [0, 0.05) is 5.39 Å². The molecule has 1 amide bonds. The van der Waals surface area contributed by atoms with E-state index in [-0.39, 0.29) is 11.9 Å². The Bertz CT molecular complexity index is 955. The summed E-state index contributed by atoms with van der Waals surface area (Å²) in [4.78, 5) is 13.1. The predicted molar refractivity (Wildman–Crippen MR) is 106 cm³/mol. The lowest BCUT2D eigenvalue weighted by atomic mass is 10.1. The van der Waals surface area contributed by atoms with Crippen LogP contribution in [0, 0.1) is 0 Å². The van der Waals surface area contributed by atoms with Gasteiger partial charge in [-0.05, 0) is 30.7 Å². The zero-order chi connectivity index (χ0) is 18.1. The summed E-state index contributed by atoms with van der Waals surface area (Å²) in [6, 6.07) is 10.8. The highest BCUT2D eigenvalue weighted by Gasteiger charge is 2.21. The van der Waals surface area contributed by atoms with Crippen LogP contribution in [0.1, 0.15) is 28.2 Å². The molecule has 0 bridgehead atoms. The summed E-state index contributed by atoms with van der Waals surface area (Å²) in [5, 5.41) is 4.90. The summed E-state index contributed by atoms with van der Waals surface area (Å²) >= 11 is 19.9. The molecule has 1 atom stereocenters. The van der Waals surface area contributed by atoms with Gasteiger partial charge in [-0.1, -0.05) is 53.0 Å². The number of hydrogen-bond donors (Lipinski definition) is 1. The van der Waals surface area contributed by atoms with E-state index >= 15 is 0 Å². The van der Waals surface area contributed by atoms with Crippen molar-refractivity contribution < 1.29 is 9.53 Å². The average molecular weight is 415 g/mol. The summed E-state index contributed by atoms with van der Waals surface area (Å²) < 4.78 is 5.93. The first-order valence-corrected chi connectivity index (χ1v) is 9.38. The Kier molecular flexibility index (Phi) is 5.44. The maximum atomic E-state index is 12.7. The number of methoxy groups -OCH3 is 1. The van der Waals surface area contributed by atoms with Gasteiger partial charge in [0.1, 0.15) is 10.6 Å². The van der Waals surface area contributed by atoms with Crippen LogP contribution in [0.5, 0.6) is 5.75 Å². The molecule has 7 heteroatoms. The van der Waals surface area contributed by atoms with Gasteiger partial charge in [0.15, 0.2) is 0 Å². The van der Waals surface area contributed by atoms with E-state index in [1.807, 2.05) is 31.2 Å². The normalized spacial score (nSPS) is 12.2. The summed E-state index contributed by atoms with van der Waals surface area (Å²) in [5.41, 5.74) is 0.936. The summed E-state index contributed by atoms with van der Waals surface area (Å²) in [5.74, 6) is 0.480. The number of carbonyl (C=O) groups is 1. The van der Waals surface area contributed by atoms with Gasteiger partial charge < -0.3 is 10.1 Å². The molecule has 0 fully saturated rings. The number of fused-ring (bicyclic) bond motifs is 1. The van der Waals surface area contributed by atoms with Crippen LogP contribution in [0.3, 0.4) is 0 Å². The third-order valence-corrected chi connectivity index (χ3v) is 6.48. The fraction of sp³-hybridized carbons (Fsp3) is 0.167. The molecule has 0 saturated heterocycles. The van der Waals surface area contributed by atoms with Gasteiger partial charge in [0.25, 0.3) is 5.91 Å². The number of amides is 1. The van der Waals surface area contributed by atoms with Crippen molar-refractivity contribution in [1.29, 1.82) is 0 Å². The van der Waals surface area contributed by atoms with Crippen LogP contribution in [0.25, 0.3) is 10.1 Å². The van der Waals surface area contributed by atoms with Crippen LogP contribution in [-0.4, -0.2) is 13.0 Å². The third-order valence-electron chi connectivity index (χ3n) is 3.84. The van der Waals surface area contributed by atoms with Crippen molar-refractivity contribution in [2.24, 2.45) is 0 Å². The highest BCUT2D eigenvalue weighted by molar-refractivity contribution is 7.22. The van der Waals surface area contributed by atoms with Crippen LogP contribution in [0.15, 0.2) is 36.4 Å². The molecule has 0 unspecified atom stereocenters. The van der Waals surface area contributed by atoms with Gasteiger partial charge >= 0.3 is 0 Å². The monoisotopic (exact) mass is 413 g/mol. The minimum absolute atomic E-state index is 0.206. The molecule has 3 aromatic rings. The molecule has 1 aromatic heterocycles. The Labute approximate surface area is 164 Å². The Hall–Kier alpha value is -1.46. The second kappa shape index (κ2) is 7.42. The fourth-order valence-electron chi connectivity index (χ4n) is 2.48. The van der Waals surface area contributed by atoms with Crippen LogP contribution in [0.4, 0.5) is 0 Å². The molecule has 0 radical (unpaired) electrons. The maximum Gasteiger partial charge on any atom is 0.263 e. The first-order valence-electron chi connectivity index (χ1n) is 7.43. The second-order valence-corrected chi connectivity index (χ2v) is 7.64. The predicted octanol–water partition coefficient (Wildman–Crippen LogP) is 6.36. The number of nitrogens with one attached hydrogen (secondary N) is 1. The van der Waals surface area contributed by atoms with Crippen molar-refractivity contribution in [2.45, 2.75) is 13.0 Å². The van der Waals surface area contributed by atoms with Gasteiger partial charge in [0.2, 0.25) is 0 Å². The third kappa shape index (κ3) is 3.58. The number of benzene rings is 2. The van der Waals surface area contributed by atoms with Gasteiger partial charge in [0.05, 0.1) is 32.9 Å². The molecular weight excluding hydrogens is 401 g/mol. The SMILES string of the molecule is COc1cccc([C@@H](C)NC(=O)c2sc3c(Cl)c(Cl)ccc3c2Cl)c1. The van der Waals surface area contributed by atoms with E-state index in [9.17, 15) is 4.79 Å². The van der Waals surface area contributed by atoms with E-state index in [0.29, 0.717) is 24.6 Å². The number of rotatable bonds is 4. The number of carbonyl (C=O) groups excluding carboxylic acids is 1. The van der Waals surface area contributed by atoms with Gasteiger partial charge in [-0.25, -0.2) is 0 Å². The Morgan fingerprint density at radius 1 is 1.16 bits per heavy atom. The number of thiophene rings is 1. The highest BCUT2D eigenvalue weighted by Crippen LogP contribution is 2.42. The quantitative estimate of drug-likeness (QED) is 0.539. The maximum absolute atomic E-state index is 12.7. The van der Waals surface area contributed by atoms with Crippen LogP contribution >= 0.6 is 46.1 Å². The number of ether oxygens (including phenoxy) is 1. The molecule has 1 N–H and O–H groups in total. The molecule has 2 aromatic carbocycles. The van der Waals surface area contributed by atoms with Crippen molar-refractivity contribution in [1.82, 2.24) is 5.32 Å². The molecule has 130 valence electrons. The Balaban J connectivity index is 1.89. The van der Waals surface area contributed by atoms with Crippen molar-refractivity contribution in [3.63, 3.8) is 0 Å². The standard InChI is InChI=1S/C18H14Cl3NO2S/c1-9(10-4-3-5-11(8-10)24-2)22-18(23)17-14(20)12-6-7-13(19)15(21)16(12)25-17/h3-9H,1-2H3,(H,22,23)/t9-/m1/s1. The number of halogens is 3. The molecule has 25 heavy (non-hydrogen) atoms. The molecule has 0 aliphatic carbocycles. The van der Waals surface area contributed by atoms with E-state index in [0.717, 1.165) is 16.7 Å². The van der Waals surface area contributed by atoms with E-state index < -0.39 is 0 Å². The largest absolute Gasteiger partial charge is 0.497 e. The van der Waals surface area contributed by atoms with E-state index in [1.54, 1.807) is 19.2 Å². The molecule has 0 saturated carbocycles. The molecular formula is C18H14Cl3NO2S. The van der Waals surface area contributed by atoms with Gasteiger partial charge in [-0.3, -0.25) is 4.79 Å². The lowest BCUT2D eigenvalue weighted by molar-refractivity contribution is 0.0944. The fourth-order valence-corrected chi connectivity index (χ4v) is 4.42. The summed E-state index contributed by atoms with van der Waals surface area (Å²) in [6.45, 7) is 1.90.